The fraction of sp³-hybridized carbons (Fsp3) is 0.312. The summed E-state index contributed by atoms with van der Waals surface area (Å²) in [4.78, 5) is 11.8. The summed E-state index contributed by atoms with van der Waals surface area (Å²) >= 11 is 5.90. The summed E-state index contributed by atoms with van der Waals surface area (Å²) in [6.07, 6.45) is 1.97. The van der Waals surface area contributed by atoms with Crippen LogP contribution < -0.4 is 0 Å². The maximum atomic E-state index is 11.8. The minimum atomic E-state index is -0.304. The molecule has 4 heteroatoms. The summed E-state index contributed by atoms with van der Waals surface area (Å²) in [5.74, 6) is -0.304. The number of rotatable bonds is 5. The van der Waals surface area contributed by atoms with E-state index in [2.05, 4.69) is 6.92 Å². The van der Waals surface area contributed by atoms with Crippen LogP contribution in [0.3, 0.4) is 0 Å². The Balaban J connectivity index is 2.34. The molecule has 0 saturated carbocycles. The van der Waals surface area contributed by atoms with Crippen molar-refractivity contribution in [1.29, 1.82) is 0 Å². The highest BCUT2D eigenvalue weighted by Gasteiger charge is 2.15. The van der Waals surface area contributed by atoms with Gasteiger partial charge in [0.15, 0.2) is 0 Å². The van der Waals surface area contributed by atoms with Gasteiger partial charge in [0.05, 0.1) is 7.11 Å². The first-order valence-electron chi connectivity index (χ1n) is 6.67. The van der Waals surface area contributed by atoms with Crippen LogP contribution in [0.5, 0.6) is 0 Å². The highest BCUT2D eigenvalue weighted by atomic mass is 35.5. The van der Waals surface area contributed by atoms with Crippen molar-refractivity contribution >= 4 is 17.6 Å². The van der Waals surface area contributed by atoms with Crippen molar-refractivity contribution in [2.24, 2.45) is 0 Å². The van der Waals surface area contributed by atoms with E-state index in [0.29, 0.717) is 17.3 Å². The molecule has 106 valence electrons. The molecule has 0 amide bonds. The van der Waals surface area contributed by atoms with Gasteiger partial charge < -0.3 is 9.30 Å². The van der Waals surface area contributed by atoms with Crippen LogP contribution in [0.2, 0.25) is 5.02 Å². The van der Waals surface area contributed by atoms with Gasteiger partial charge in [-0.3, -0.25) is 0 Å². The zero-order valence-electron chi connectivity index (χ0n) is 11.7. The second kappa shape index (κ2) is 6.62. The van der Waals surface area contributed by atoms with E-state index in [1.54, 1.807) is 0 Å². The van der Waals surface area contributed by atoms with Gasteiger partial charge in [0.25, 0.3) is 0 Å². The molecule has 2 aromatic rings. The molecule has 0 aliphatic carbocycles. The Hall–Kier alpha value is -1.74. The van der Waals surface area contributed by atoms with Gasteiger partial charge in [0.1, 0.15) is 5.69 Å². The average Bonchev–Trinajstić information content (AvgIpc) is 2.84. The molecule has 1 aromatic heterocycles. The number of carbonyl (C=O) groups is 1. The Kier molecular flexibility index (Phi) is 4.85. The number of ether oxygens (including phenoxy) is 1. The summed E-state index contributed by atoms with van der Waals surface area (Å²) < 4.78 is 6.86. The zero-order chi connectivity index (χ0) is 14.5. The molecule has 3 nitrogen and oxygen atoms in total. The normalized spacial score (nSPS) is 10.6. The summed E-state index contributed by atoms with van der Waals surface area (Å²) in [5, 5.41) is 0.711. The predicted octanol–water partition coefficient (Wildman–Crippen LogP) is 3.93. The molecule has 0 N–H and O–H groups in total. The Morgan fingerprint density at radius 3 is 2.50 bits per heavy atom. The highest BCUT2D eigenvalue weighted by Crippen LogP contribution is 2.17. The number of methoxy groups -OCH3 is 1. The molecular formula is C16H18ClNO2. The molecule has 0 bridgehead atoms. The molecule has 1 heterocycles. The molecule has 0 aliphatic rings. The topological polar surface area (TPSA) is 31.2 Å². The van der Waals surface area contributed by atoms with E-state index in [0.717, 1.165) is 24.1 Å². The van der Waals surface area contributed by atoms with Gasteiger partial charge in [0.2, 0.25) is 0 Å². The quantitative estimate of drug-likeness (QED) is 0.782. The lowest BCUT2D eigenvalue weighted by molar-refractivity contribution is 0.0588. The van der Waals surface area contributed by atoms with E-state index in [1.165, 1.54) is 7.11 Å². The SMILES string of the molecule is CCCc1ccc(C(=O)OC)n1Cc1ccc(Cl)cc1. The Labute approximate surface area is 124 Å². The number of hydrogen-bond donors (Lipinski definition) is 0. The number of halogens is 1. The summed E-state index contributed by atoms with van der Waals surface area (Å²) in [7, 11) is 1.40. The highest BCUT2D eigenvalue weighted by molar-refractivity contribution is 6.30. The first kappa shape index (κ1) is 14.7. The molecule has 0 spiro atoms. The lowest BCUT2D eigenvalue weighted by Gasteiger charge is -2.12. The third-order valence-electron chi connectivity index (χ3n) is 3.23. The van der Waals surface area contributed by atoms with Crippen molar-refractivity contribution in [3.05, 3.63) is 58.4 Å². The Morgan fingerprint density at radius 2 is 1.90 bits per heavy atom. The van der Waals surface area contributed by atoms with E-state index in [1.807, 2.05) is 41.0 Å². The molecule has 0 aliphatic heterocycles. The van der Waals surface area contributed by atoms with Crippen molar-refractivity contribution < 1.29 is 9.53 Å². The van der Waals surface area contributed by atoms with Gasteiger partial charge in [-0.05, 0) is 36.2 Å². The number of esters is 1. The number of carbonyl (C=O) groups excluding carboxylic acids is 1. The molecule has 20 heavy (non-hydrogen) atoms. The second-order valence-corrected chi connectivity index (χ2v) is 5.10. The van der Waals surface area contributed by atoms with E-state index in [9.17, 15) is 4.79 Å². The van der Waals surface area contributed by atoms with Crippen LogP contribution in [-0.2, 0) is 17.7 Å². The van der Waals surface area contributed by atoms with Crippen LogP contribution >= 0.6 is 11.6 Å². The maximum absolute atomic E-state index is 11.8. The van der Waals surface area contributed by atoms with Gasteiger partial charge in [-0.25, -0.2) is 4.79 Å². The molecule has 0 radical (unpaired) electrons. The van der Waals surface area contributed by atoms with Crippen LogP contribution in [0.1, 0.15) is 35.1 Å². The van der Waals surface area contributed by atoms with Gasteiger partial charge in [-0.2, -0.15) is 0 Å². The van der Waals surface area contributed by atoms with Crippen molar-refractivity contribution in [1.82, 2.24) is 4.57 Å². The van der Waals surface area contributed by atoms with E-state index < -0.39 is 0 Å². The predicted molar refractivity (Wildman–Crippen MR) is 80.3 cm³/mol. The van der Waals surface area contributed by atoms with Crippen molar-refractivity contribution in [3.8, 4) is 0 Å². The monoisotopic (exact) mass is 291 g/mol. The lowest BCUT2D eigenvalue weighted by Crippen LogP contribution is -2.13. The molecule has 0 saturated heterocycles. The van der Waals surface area contributed by atoms with E-state index >= 15 is 0 Å². The second-order valence-electron chi connectivity index (χ2n) is 4.66. The largest absolute Gasteiger partial charge is 0.464 e. The molecule has 0 atom stereocenters. The first-order chi connectivity index (χ1) is 9.65. The van der Waals surface area contributed by atoms with Crippen molar-refractivity contribution in [3.63, 3.8) is 0 Å². The van der Waals surface area contributed by atoms with Gasteiger partial charge >= 0.3 is 5.97 Å². The minimum Gasteiger partial charge on any atom is -0.464 e. The number of nitrogens with zero attached hydrogens (tertiary/aromatic N) is 1. The minimum absolute atomic E-state index is 0.304. The smallest absolute Gasteiger partial charge is 0.354 e. The van der Waals surface area contributed by atoms with Crippen LogP contribution in [0.4, 0.5) is 0 Å². The number of benzene rings is 1. The zero-order valence-corrected chi connectivity index (χ0v) is 12.5. The van der Waals surface area contributed by atoms with Crippen molar-refractivity contribution in [2.45, 2.75) is 26.3 Å². The summed E-state index contributed by atoms with van der Waals surface area (Å²) in [6, 6.07) is 11.5. The van der Waals surface area contributed by atoms with Gasteiger partial charge in [-0.1, -0.05) is 37.1 Å². The van der Waals surface area contributed by atoms with Crippen molar-refractivity contribution in [2.75, 3.05) is 7.11 Å². The fourth-order valence-corrected chi connectivity index (χ4v) is 2.35. The van der Waals surface area contributed by atoms with Crippen LogP contribution in [0.25, 0.3) is 0 Å². The summed E-state index contributed by atoms with van der Waals surface area (Å²) in [6.45, 7) is 2.77. The molecule has 0 unspecified atom stereocenters. The standard InChI is InChI=1S/C16H18ClNO2/c1-3-4-14-9-10-15(16(19)20-2)18(14)11-12-5-7-13(17)8-6-12/h5-10H,3-4,11H2,1-2H3. The fourth-order valence-electron chi connectivity index (χ4n) is 2.23. The third-order valence-corrected chi connectivity index (χ3v) is 3.48. The Bertz CT molecular complexity index is 587. The van der Waals surface area contributed by atoms with Crippen LogP contribution in [0.15, 0.2) is 36.4 Å². The van der Waals surface area contributed by atoms with E-state index in [4.69, 9.17) is 16.3 Å². The molecular weight excluding hydrogens is 274 g/mol. The molecule has 0 fully saturated rings. The van der Waals surface area contributed by atoms with Crippen LogP contribution in [-0.4, -0.2) is 17.6 Å². The Morgan fingerprint density at radius 1 is 1.20 bits per heavy atom. The first-order valence-corrected chi connectivity index (χ1v) is 7.04. The van der Waals surface area contributed by atoms with Gasteiger partial charge in [0, 0.05) is 17.3 Å². The van der Waals surface area contributed by atoms with Gasteiger partial charge in [-0.15, -0.1) is 0 Å². The van der Waals surface area contributed by atoms with Crippen LogP contribution in [0, 0.1) is 0 Å². The van der Waals surface area contributed by atoms with E-state index in [-0.39, 0.29) is 5.97 Å². The number of aromatic nitrogens is 1. The summed E-state index contributed by atoms with van der Waals surface area (Å²) in [5.41, 5.74) is 2.84. The lowest BCUT2D eigenvalue weighted by atomic mass is 10.2. The number of hydrogen-bond acceptors (Lipinski definition) is 2. The number of aryl methyl sites for hydroxylation is 1. The molecule has 1 aromatic carbocycles. The maximum Gasteiger partial charge on any atom is 0.354 e. The average molecular weight is 292 g/mol. The molecule has 2 rings (SSSR count). The third kappa shape index (κ3) is 3.23.